The number of rotatable bonds is 6. The summed E-state index contributed by atoms with van der Waals surface area (Å²) >= 11 is 6.22. The minimum Gasteiger partial charge on any atom is -0.497 e. The van der Waals surface area contributed by atoms with Crippen LogP contribution in [0.15, 0.2) is 121 Å². The lowest BCUT2D eigenvalue weighted by Crippen LogP contribution is -2.67. The van der Waals surface area contributed by atoms with Gasteiger partial charge < -0.3 is 14.4 Å². The van der Waals surface area contributed by atoms with E-state index >= 15 is 0 Å². The molecule has 6 rings (SSSR count). The second-order valence-corrected chi connectivity index (χ2v) is 10.2. The Kier molecular flexibility index (Phi) is 7.25. The molecule has 0 aromatic heterocycles. The zero-order chi connectivity index (χ0) is 30.1. The van der Waals surface area contributed by atoms with E-state index in [-0.39, 0.29) is 17.2 Å². The second-order valence-electron chi connectivity index (χ2n) is 9.81. The highest BCUT2D eigenvalue weighted by Gasteiger charge is 2.65. The van der Waals surface area contributed by atoms with Crippen LogP contribution in [-0.4, -0.2) is 42.2 Å². The van der Waals surface area contributed by atoms with Crippen molar-refractivity contribution in [3.63, 3.8) is 0 Å². The van der Waals surface area contributed by atoms with Crippen molar-refractivity contribution < 1.29 is 23.9 Å². The van der Waals surface area contributed by atoms with Gasteiger partial charge in [0.15, 0.2) is 0 Å². The lowest BCUT2D eigenvalue weighted by atomic mass is 9.97. The number of ether oxygens (including phenoxy) is 2. The molecule has 0 bridgehead atoms. The van der Waals surface area contributed by atoms with Gasteiger partial charge in [-0.05, 0) is 67.6 Å². The van der Waals surface area contributed by atoms with E-state index < -0.39 is 23.4 Å². The molecule has 1 spiro atoms. The van der Waals surface area contributed by atoms with Crippen LogP contribution in [0.5, 0.6) is 5.75 Å². The van der Waals surface area contributed by atoms with Crippen LogP contribution in [0.2, 0.25) is 0 Å². The molecule has 0 aliphatic carbocycles. The minimum atomic E-state index is -1.87. The minimum absolute atomic E-state index is 0.0277. The highest BCUT2D eigenvalue weighted by Crippen LogP contribution is 2.53. The van der Waals surface area contributed by atoms with Crippen molar-refractivity contribution in [3.8, 4) is 5.75 Å². The number of anilines is 3. The number of fused-ring (bicyclic) bond motifs is 1. The van der Waals surface area contributed by atoms with Crippen LogP contribution in [0.3, 0.4) is 0 Å². The Morgan fingerprint density at radius 1 is 0.721 bits per heavy atom. The first-order chi connectivity index (χ1) is 20.9. The predicted octanol–water partition coefficient (Wildman–Crippen LogP) is 5.99. The first kappa shape index (κ1) is 27.9. The molecule has 2 aliphatic heterocycles. The summed E-state index contributed by atoms with van der Waals surface area (Å²) in [5, 5.41) is 0. The molecular weight excluding hydrogens is 562 g/mol. The van der Waals surface area contributed by atoms with Crippen molar-refractivity contribution in [2.75, 3.05) is 28.4 Å². The van der Waals surface area contributed by atoms with Crippen LogP contribution in [0, 0.1) is 0 Å². The molecular formula is C34H27N3O5S. The first-order valence-electron chi connectivity index (χ1n) is 13.7. The third-order valence-corrected chi connectivity index (χ3v) is 7.94. The fraction of sp³-hybridized carbons (Fsp3) is 0.118. The van der Waals surface area contributed by atoms with Gasteiger partial charge in [0, 0.05) is 23.0 Å². The molecule has 4 aromatic rings. The number of carbonyl (C=O) groups excluding carboxylic acids is 3. The SMILES string of the molecule is CCOC(=O)C1=CN(c2ccc(OC)cc2)C(=S)C12N(C(=O)c1ccccc1)c1ccccc1N2C(=O)c1ccccc1. The first-order valence-corrected chi connectivity index (χ1v) is 14.1. The topological polar surface area (TPSA) is 79.4 Å². The monoisotopic (exact) mass is 589 g/mol. The van der Waals surface area contributed by atoms with Crippen molar-refractivity contribution in [2.45, 2.75) is 12.6 Å². The third-order valence-electron chi connectivity index (χ3n) is 7.46. The van der Waals surface area contributed by atoms with Gasteiger partial charge in [0.25, 0.3) is 11.8 Å². The van der Waals surface area contributed by atoms with E-state index in [4.69, 9.17) is 21.7 Å². The maximum atomic E-state index is 14.6. The van der Waals surface area contributed by atoms with E-state index in [1.807, 2.05) is 12.1 Å². The second kappa shape index (κ2) is 11.2. The van der Waals surface area contributed by atoms with Gasteiger partial charge >= 0.3 is 5.97 Å². The van der Waals surface area contributed by atoms with E-state index in [0.29, 0.717) is 33.9 Å². The average molecular weight is 590 g/mol. The summed E-state index contributed by atoms with van der Waals surface area (Å²) in [5.74, 6) is -0.949. The van der Waals surface area contributed by atoms with E-state index in [1.54, 1.807) is 122 Å². The fourth-order valence-corrected chi connectivity index (χ4v) is 6.01. The largest absolute Gasteiger partial charge is 0.497 e. The molecule has 0 saturated carbocycles. The molecule has 0 fully saturated rings. The molecule has 0 unspecified atom stereocenters. The molecule has 2 amide bonds. The Bertz CT molecular complexity index is 1680. The highest BCUT2D eigenvalue weighted by molar-refractivity contribution is 7.81. The van der Waals surface area contributed by atoms with Crippen LogP contribution in [0.4, 0.5) is 17.1 Å². The molecule has 0 saturated heterocycles. The molecule has 4 aromatic carbocycles. The van der Waals surface area contributed by atoms with Crippen molar-refractivity contribution in [1.82, 2.24) is 0 Å². The Balaban J connectivity index is 1.65. The number of esters is 1. The predicted molar refractivity (Wildman–Crippen MR) is 168 cm³/mol. The summed E-state index contributed by atoms with van der Waals surface area (Å²) in [6.45, 7) is 1.77. The summed E-state index contributed by atoms with van der Waals surface area (Å²) in [7, 11) is 1.57. The smallest absolute Gasteiger partial charge is 0.340 e. The van der Waals surface area contributed by atoms with Gasteiger partial charge in [-0.1, -0.05) is 60.7 Å². The molecule has 214 valence electrons. The Labute approximate surface area is 254 Å². The van der Waals surface area contributed by atoms with Crippen LogP contribution < -0.4 is 19.4 Å². The number of amides is 2. The Hall–Kier alpha value is -5.28. The van der Waals surface area contributed by atoms with Gasteiger partial charge in [-0.3, -0.25) is 19.4 Å². The van der Waals surface area contributed by atoms with Crippen LogP contribution in [0.1, 0.15) is 27.6 Å². The molecule has 0 radical (unpaired) electrons. The fourth-order valence-electron chi connectivity index (χ4n) is 5.55. The molecule has 9 heteroatoms. The van der Waals surface area contributed by atoms with Gasteiger partial charge in [-0.15, -0.1) is 0 Å². The van der Waals surface area contributed by atoms with Crippen LogP contribution in [-0.2, 0) is 9.53 Å². The number of hydrogen-bond acceptors (Lipinski definition) is 6. The number of benzene rings is 4. The number of hydrogen-bond donors (Lipinski definition) is 0. The quantitative estimate of drug-likeness (QED) is 0.202. The van der Waals surface area contributed by atoms with Gasteiger partial charge in [0.2, 0.25) is 5.66 Å². The maximum Gasteiger partial charge on any atom is 0.340 e. The average Bonchev–Trinajstić information content (AvgIpc) is 3.53. The van der Waals surface area contributed by atoms with Gasteiger partial charge in [-0.25, -0.2) is 4.79 Å². The summed E-state index contributed by atoms with van der Waals surface area (Å²) in [4.78, 5) is 47.8. The molecule has 2 heterocycles. The summed E-state index contributed by atoms with van der Waals surface area (Å²) in [6, 6.07) is 31.6. The highest BCUT2D eigenvalue weighted by atomic mass is 32.1. The number of methoxy groups -OCH3 is 1. The number of carbonyl (C=O) groups is 3. The number of thiocarbonyl (C=S) groups is 1. The number of nitrogens with zero attached hydrogens (tertiary/aromatic N) is 3. The van der Waals surface area contributed by atoms with Crippen molar-refractivity contribution in [1.29, 1.82) is 0 Å². The number of para-hydroxylation sites is 2. The lowest BCUT2D eigenvalue weighted by Gasteiger charge is -2.42. The van der Waals surface area contributed by atoms with Crippen molar-refractivity contribution in [2.24, 2.45) is 0 Å². The van der Waals surface area contributed by atoms with Gasteiger partial charge in [0.1, 0.15) is 16.3 Å². The normalized spacial score (nSPS) is 14.9. The summed E-state index contributed by atoms with van der Waals surface area (Å²) in [6.07, 6.45) is 1.56. The van der Waals surface area contributed by atoms with Gasteiger partial charge in [-0.2, -0.15) is 0 Å². The molecule has 43 heavy (non-hydrogen) atoms. The summed E-state index contributed by atoms with van der Waals surface area (Å²) < 4.78 is 10.9. The lowest BCUT2D eigenvalue weighted by molar-refractivity contribution is -0.138. The summed E-state index contributed by atoms with van der Waals surface area (Å²) in [5.41, 5.74) is 0.341. The molecule has 8 nitrogen and oxygen atoms in total. The third kappa shape index (κ3) is 4.36. The van der Waals surface area contributed by atoms with Crippen molar-refractivity contribution in [3.05, 3.63) is 132 Å². The van der Waals surface area contributed by atoms with Crippen LogP contribution >= 0.6 is 12.2 Å². The zero-order valence-corrected chi connectivity index (χ0v) is 24.3. The standard InChI is InChI=1S/C34H27N3O5S/c1-3-42-32(40)27-22-35(25-18-20-26(41-2)21-19-25)33(43)34(27)36(30(38)23-12-6-4-7-13-23)28-16-10-11-17-29(28)37(34)31(39)24-14-8-5-9-15-24/h4-22H,3H2,1-2H3. The van der Waals surface area contributed by atoms with E-state index in [0.717, 1.165) is 0 Å². The Morgan fingerprint density at radius 2 is 1.21 bits per heavy atom. The zero-order valence-electron chi connectivity index (χ0n) is 23.5. The molecule has 2 aliphatic rings. The molecule has 0 N–H and O–H groups in total. The van der Waals surface area contributed by atoms with Gasteiger partial charge in [0.05, 0.1) is 25.1 Å². The van der Waals surface area contributed by atoms with Crippen molar-refractivity contribution >= 4 is 52.1 Å². The Morgan fingerprint density at radius 3 is 1.67 bits per heavy atom. The molecule has 0 atom stereocenters. The van der Waals surface area contributed by atoms with Crippen LogP contribution in [0.25, 0.3) is 0 Å². The van der Waals surface area contributed by atoms with E-state index in [2.05, 4.69) is 0 Å². The van der Waals surface area contributed by atoms with E-state index in [9.17, 15) is 14.4 Å². The maximum absolute atomic E-state index is 14.6. The van der Waals surface area contributed by atoms with E-state index in [1.165, 1.54) is 9.80 Å².